The van der Waals surface area contributed by atoms with E-state index < -0.39 is 0 Å². The second kappa shape index (κ2) is 9.84. The number of halogens is 1. The molecule has 2 aromatic carbocycles. The van der Waals surface area contributed by atoms with Gasteiger partial charge < -0.3 is 4.90 Å². The largest absolute Gasteiger partial charge is 0.377 e. The van der Waals surface area contributed by atoms with Gasteiger partial charge in [0.2, 0.25) is 0 Å². The third kappa shape index (κ3) is 4.96. The molecule has 168 valence electrons. The summed E-state index contributed by atoms with van der Waals surface area (Å²) in [5, 5.41) is 0.806. The lowest BCUT2D eigenvalue weighted by molar-refractivity contribution is -0.124. The summed E-state index contributed by atoms with van der Waals surface area (Å²) in [6.45, 7) is 4.21. The summed E-state index contributed by atoms with van der Waals surface area (Å²) in [7, 11) is 4.04. The van der Waals surface area contributed by atoms with E-state index in [0.29, 0.717) is 0 Å². The normalized spacial score (nSPS) is 19.9. The molecular formula is C26H30BrN3OS. The summed E-state index contributed by atoms with van der Waals surface area (Å²) in [5.41, 5.74) is 5.49. The quantitative estimate of drug-likeness (QED) is 0.411. The van der Waals surface area contributed by atoms with Crippen LogP contribution in [0.25, 0.3) is 6.08 Å². The maximum absolute atomic E-state index is 13.5. The fourth-order valence-corrected chi connectivity index (χ4v) is 6.07. The Kier molecular flexibility index (Phi) is 7.11. The molecule has 0 atom stereocenters. The van der Waals surface area contributed by atoms with Gasteiger partial charge in [0.25, 0.3) is 5.91 Å². The van der Waals surface area contributed by atoms with Crippen LogP contribution in [-0.4, -0.2) is 36.1 Å². The van der Waals surface area contributed by atoms with Crippen LogP contribution in [0.4, 0.5) is 11.4 Å². The van der Waals surface area contributed by atoms with Gasteiger partial charge in [-0.25, -0.2) is 4.99 Å². The molecule has 0 aromatic heterocycles. The van der Waals surface area contributed by atoms with Crippen molar-refractivity contribution < 1.29 is 4.79 Å². The van der Waals surface area contributed by atoms with Gasteiger partial charge in [0.15, 0.2) is 5.17 Å². The number of carbonyl (C=O) groups excluding carboxylic acids is 1. The summed E-state index contributed by atoms with van der Waals surface area (Å²) in [4.78, 5) is 23.2. The first-order valence-corrected chi connectivity index (χ1v) is 12.8. The van der Waals surface area contributed by atoms with Crippen LogP contribution >= 0.6 is 27.7 Å². The highest BCUT2D eigenvalue weighted by molar-refractivity contribution is 9.10. The van der Waals surface area contributed by atoms with E-state index in [1.165, 1.54) is 42.2 Å². The number of hydrogen-bond acceptors (Lipinski definition) is 4. The second-order valence-corrected chi connectivity index (χ2v) is 10.7. The van der Waals surface area contributed by atoms with E-state index in [1.54, 1.807) is 0 Å². The molecule has 0 unspecified atom stereocenters. The summed E-state index contributed by atoms with van der Waals surface area (Å²) < 4.78 is 1.01. The molecule has 0 bridgehead atoms. The molecule has 0 spiro atoms. The molecule has 1 saturated heterocycles. The predicted molar refractivity (Wildman–Crippen MR) is 141 cm³/mol. The number of aryl methyl sites for hydroxylation is 2. The molecule has 4 nitrogen and oxygen atoms in total. The van der Waals surface area contributed by atoms with Gasteiger partial charge in [-0.05, 0) is 101 Å². The number of nitrogens with zero attached hydrogens (tertiary/aromatic N) is 3. The Morgan fingerprint density at radius 1 is 1.06 bits per heavy atom. The van der Waals surface area contributed by atoms with Crippen molar-refractivity contribution in [3.05, 3.63) is 62.5 Å². The van der Waals surface area contributed by atoms with E-state index in [4.69, 9.17) is 4.99 Å². The summed E-state index contributed by atoms with van der Waals surface area (Å²) >= 11 is 5.16. The average molecular weight is 513 g/mol. The van der Waals surface area contributed by atoms with Crippen LogP contribution in [0.5, 0.6) is 0 Å². The van der Waals surface area contributed by atoms with E-state index in [1.807, 2.05) is 31.1 Å². The highest BCUT2D eigenvalue weighted by atomic mass is 79.9. The molecule has 2 aromatic rings. The molecule has 4 rings (SSSR count). The van der Waals surface area contributed by atoms with Crippen LogP contribution in [-0.2, 0) is 4.79 Å². The lowest BCUT2D eigenvalue weighted by Crippen LogP contribution is -2.40. The number of thioether (sulfide) groups is 1. The third-order valence-electron chi connectivity index (χ3n) is 6.24. The van der Waals surface area contributed by atoms with Crippen molar-refractivity contribution in [2.45, 2.75) is 52.0 Å². The van der Waals surface area contributed by atoms with Gasteiger partial charge in [0.1, 0.15) is 0 Å². The van der Waals surface area contributed by atoms with Gasteiger partial charge in [-0.1, -0.05) is 31.4 Å². The van der Waals surface area contributed by atoms with E-state index in [2.05, 4.69) is 65.0 Å². The van der Waals surface area contributed by atoms with E-state index >= 15 is 0 Å². The fourth-order valence-electron chi connectivity index (χ4n) is 4.26. The monoisotopic (exact) mass is 511 g/mol. The Morgan fingerprint density at radius 3 is 2.47 bits per heavy atom. The van der Waals surface area contributed by atoms with Crippen molar-refractivity contribution in [2.75, 3.05) is 19.0 Å². The highest BCUT2D eigenvalue weighted by Crippen LogP contribution is 2.39. The molecule has 0 N–H and O–H groups in total. The molecule has 6 heteroatoms. The molecule has 1 heterocycles. The second-order valence-electron chi connectivity index (χ2n) is 8.85. The number of benzene rings is 2. The standard InChI is InChI=1S/C26H30BrN3OS/c1-17-10-12-20(14-18(17)2)28-26-30(21-8-6-5-7-9-21)25(31)24(32-26)16-19-11-13-23(29(3)4)22(27)15-19/h10-16,21H,5-9H2,1-4H3/b24-16-,28-26?. The van der Waals surface area contributed by atoms with Crippen LogP contribution in [0.15, 0.2) is 50.8 Å². The Labute approximate surface area is 203 Å². The molecule has 2 aliphatic rings. The van der Waals surface area contributed by atoms with Gasteiger partial charge in [0.05, 0.1) is 16.3 Å². The number of amides is 1. The molecule has 1 amide bonds. The first-order chi connectivity index (χ1) is 15.3. The fraction of sp³-hybridized carbons (Fsp3) is 0.385. The van der Waals surface area contributed by atoms with Crippen molar-refractivity contribution in [3.8, 4) is 0 Å². The lowest BCUT2D eigenvalue weighted by atomic mass is 9.94. The van der Waals surface area contributed by atoms with Gasteiger partial charge in [-0.3, -0.25) is 9.69 Å². The minimum Gasteiger partial charge on any atom is -0.377 e. The van der Waals surface area contributed by atoms with Gasteiger partial charge in [-0.15, -0.1) is 0 Å². The number of carbonyl (C=O) groups is 1. The van der Waals surface area contributed by atoms with E-state index in [0.717, 1.165) is 44.3 Å². The van der Waals surface area contributed by atoms with Crippen LogP contribution in [0.2, 0.25) is 0 Å². The zero-order valence-electron chi connectivity index (χ0n) is 19.2. The Bertz CT molecular complexity index is 1090. The van der Waals surface area contributed by atoms with Crippen LogP contribution in [0.1, 0.15) is 48.8 Å². The number of aliphatic imine (C=N–C) groups is 1. The Balaban J connectivity index is 1.70. The maximum Gasteiger partial charge on any atom is 0.267 e. The predicted octanol–water partition coefficient (Wildman–Crippen LogP) is 7.07. The number of hydrogen-bond donors (Lipinski definition) is 0. The summed E-state index contributed by atoms with van der Waals surface area (Å²) in [6.07, 6.45) is 7.70. The number of amidine groups is 1. The first-order valence-electron chi connectivity index (χ1n) is 11.2. The molecule has 0 radical (unpaired) electrons. The van der Waals surface area contributed by atoms with Crippen LogP contribution < -0.4 is 4.90 Å². The molecular weight excluding hydrogens is 482 g/mol. The topological polar surface area (TPSA) is 35.9 Å². The van der Waals surface area contributed by atoms with Crippen molar-refractivity contribution in [2.24, 2.45) is 4.99 Å². The zero-order valence-corrected chi connectivity index (χ0v) is 21.6. The average Bonchev–Trinajstić information content (AvgIpc) is 3.05. The minimum atomic E-state index is 0.0808. The van der Waals surface area contributed by atoms with Gasteiger partial charge in [0, 0.05) is 24.6 Å². The van der Waals surface area contributed by atoms with Crippen molar-refractivity contribution in [3.63, 3.8) is 0 Å². The van der Waals surface area contributed by atoms with E-state index in [9.17, 15) is 4.79 Å². The smallest absolute Gasteiger partial charge is 0.267 e. The Hall–Kier alpha value is -2.05. The molecule has 1 aliphatic heterocycles. The van der Waals surface area contributed by atoms with Crippen LogP contribution in [0.3, 0.4) is 0 Å². The molecule has 2 fully saturated rings. The number of rotatable bonds is 4. The van der Waals surface area contributed by atoms with Gasteiger partial charge >= 0.3 is 0 Å². The van der Waals surface area contributed by atoms with E-state index in [-0.39, 0.29) is 11.9 Å². The summed E-state index contributed by atoms with van der Waals surface area (Å²) in [5.74, 6) is 0.0808. The molecule has 1 aliphatic carbocycles. The molecule has 1 saturated carbocycles. The SMILES string of the molecule is Cc1ccc(N=C2S/C(=C\c3ccc(N(C)C)c(Br)c3)C(=O)N2C2CCCCC2)cc1C. The first kappa shape index (κ1) is 23.1. The van der Waals surface area contributed by atoms with Crippen molar-refractivity contribution in [1.82, 2.24) is 4.90 Å². The maximum atomic E-state index is 13.5. The Morgan fingerprint density at radius 2 is 1.81 bits per heavy atom. The number of anilines is 1. The summed E-state index contributed by atoms with van der Waals surface area (Å²) in [6, 6.07) is 12.7. The third-order valence-corrected chi connectivity index (χ3v) is 7.86. The lowest BCUT2D eigenvalue weighted by Gasteiger charge is -2.30. The van der Waals surface area contributed by atoms with Crippen molar-refractivity contribution >= 4 is 56.2 Å². The minimum absolute atomic E-state index is 0.0808. The van der Waals surface area contributed by atoms with Crippen LogP contribution in [0, 0.1) is 13.8 Å². The molecule has 32 heavy (non-hydrogen) atoms. The zero-order chi connectivity index (χ0) is 22.8. The highest BCUT2D eigenvalue weighted by Gasteiger charge is 2.38. The van der Waals surface area contributed by atoms with Gasteiger partial charge in [-0.2, -0.15) is 0 Å². The van der Waals surface area contributed by atoms with Crippen molar-refractivity contribution in [1.29, 1.82) is 0 Å².